The number of benzene rings is 1. The zero-order valence-corrected chi connectivity index (χ0v) is 10.9. The molecule has 0 bridgehead atoms. The van der Waals surface area contributed by atoms with Gasteiger partial charge < -0.3 is 14.4 Å². The van der Waals surface area contributed by atoms with E-state index in [1.165, 1.54) is 0 Å². The Morgan fingerprint density at radius 1 is 1.26 bits per heavy atom. The molecule has 1 saturated heterocycles. The Kier molecular flexibility index (Phi) is 3.50. The standard InChI is InChI=1S/C13H13ClN2O3/c14-9-3-1-8(2-4-9)12-15-13(19-16-12)10-7-18-6-5-11(10)17/h1-4,10-11,17H,5-7H2. The summed E-state index contributed by atoms with van der Waals surface area (Å²) in [7, 11) is 0. The van der Waals surface area contributed by atoms with Gasteiger partial charge in [-0.25, -0.2) is 0 Å². The molecule has 0 aliphatic carbocycles. The third-order valence-corrected chi connectivity index (χ3v) is 3.43. The highest BCUT2D eigenvalue weighted by Gasteiger charge is 2.30. The molecule has 1 aromatic heterocycles. The van der Waals surface area contributed by atoms with Crippen molar-refractivity contribution in [3.63, 3.8) is 0 Å². The van der Waals surface area contributed by atoms with Crippen molar-refractivity contribution in [1.82, 2.24) is 10.1 Å². The first kappa shape index (κ1) is 12.6. The summed E-state index contributed by atoms with van der Waals surface area (Å²) in [5.74, 6) is 0.656. The van der Waals surface area contributed by atoms with E-state index in [-0.39, 0.29) is 5.92 Å². The zero-order valence-electron chi connectivity index (χ0n) is 10.1. The molecule has 1 aliphatic rings. The molecule has 2 heterocycles. The maximum Gasteiger partial charge on any atom is 0.235 e. The SMILES string of the molecule is OC1CCOCC1c1nc(-c2ccc(Cl)cc2)no1. The molecule has 3 rings (SSSR count). The van der Waals surface area contributed by atoms with Crippen molar-refractivity contribution in [2.45, 2.75) is 18.4 Å². The summed E-state index contributed by atoms with van der Waals surface area (Å²) >= 11 is 5.83. The van der Waals surface area contributed by atoms with E-state index in [9.17, 15) is 5.11 Å². The Labute approximate surface area is 115 Å². The minimum atomic E-state index is -0.493. The molecule has 1 aromatic carbocycles. The van der Waals surface area contributed by atoms with Crippen LogP contribution in [-0.2, 0) is 4.74 Å². The maximum atomic E-state index is 9.91. The van der Waals surface area contributed by atoms with Crippen LogP contribution in [0.15, 0.2) is 28.8 Å². The number of ether oxygens (including phenoxy) is 1. The lowest BCUT2D eigenvalue weighted by Crippen LogP contribution is -2.30. The monoisotopic (exact) mass is 280 g/mol. The topological polar surface area (TPSA) is 68.4 Å². The van der Waals surface area contributed by atoms with Gasteiger partial charge in [0.25, 0.3) is 0 Å². The third-order valence-electron chi connectivity index (χ3n) is 3.18. The van der Waals surface area contributed by atoms with Crippen molar-refractivity contribution in [2.24, 2.45) is 0 Å². The summed E-state index contributed by atoms with van der Waals surface area (Å²) < 4.78 is 10.6. The quantitative estimate of drug-likeness (QED) is 0.914. The number of halogens is 1. The number of aliphatic hydroxyl groups is 1. The van der Waals surface area contributed by atoms with Crippen LogP contribution in [0.4, 0.5) is 0 Å². The van der Waals surface area contributed by atoms with E-state index >= 15 is 0 Å². The van der Waals surface area contributed by atoms with Crippen molar-refractivity contribution in [3.05, 3.63) is 35.2 Å². The third kappa shape index (κ3) is 2.63. The summed E-state index contributed by atoms with van der Waals surface area (Å²) in [6.07, 6.45) is 0.0934. The van der Waals surface area contributed by atoms with Crippen LogP contribution < -0.4 is 0 Å². The Morgan fingerprint density at radius 2 is 2.05 bits per heavy atom. The van der Waals surface area contributed by atoms with Crippen LogP contribution in [-0.4, -0.2) is 34.6 Å². The second-order valence-corrected chi connectivity index (χ2v) is 4.94. The maximum absolute atomic E-state index is 9.91. The van der Waals surface area contributed by atoms with E-state index < -0.39 is 6.10 Å². The second kappa shape index (κ2) is 5.28. The Hall–Kier alpha value is -1.43. The summed E-state index contributed by atoms with van der Waals surface area (Å²) in [4.78, 5) is 4.32. The molecular formula is C13H13ClN2O3. The number of hydrogen-bond donors (Lipinski definition) is 1. The van der Waals surface area contributed by atoms with Crippen LogP contribution in [0.2, 0.25) is 5.02 Å². The number of nitrogens with zero attached hydrogens (tertiary/aromatic N) is 2. The van der Waals surface area contributed by atoms with Crippen molar-refractivity contribution in [1.29, 1.82) is 0 Å². The largest absolute Gasteiger partial charge is 0.392 e. The lowest BCUT2D eigenvalue weighted by Gasteiger charge is -2.24. The molecule has 1 fully saturated rings. The van der Waals surface area contributed by atoms with Crippen LogP contribution in [0, 0.1) is 0 Å². The van der Waals surface area contributed by atoms with Gasteiger partial charge in [0.05, 0.1) is 18.6 Å². The highest BCUT2D eigenvalue weighted by atomic mass is 35.5. The predicted molar refractivity (Wildman–Crippen MR) is 68.9 cm³/mol. The van der Waals surface area contributed by atoms with Gasteiger partial charge in [-0.1, -0.05) is 16.8 Å². The zero-order chi connectivity index (χ0) is 13.2. The fourth-order valence-electron chi connectivity index (χ4n) is 2.06. The van der Waals surface area contributed by atoms with Crippen molar-refractivity contribution >= 4 is 11.6 Å². The number of aliphatic hydroxyl groups excluding tert-OH is 1. The molecule has 0 spiro atoms. The lowest BCUT2D eigenvalue weighted by molar-refractivity contribution is -0.0149. The van der Waals surface area contributed by atoms with Gasteiger partial charge in [-0.15, -0.1) is 0 Å². The van der Waals surface area contributed by atoms with E-state index in [1.807, 2.05) is 12.1 Å². The minimum absolute atomic E-state index is 0.248. The highest BCUT2D eigenvalue weighted by molar-refractivity contribution is 6.30. The average Bonchev–Trinajstić information content (AvgIpc) is 2.89. The number of hydrogen-bond acceptors (Lipinski definition) is 5. The average molecular weight is 281 g/mol. The van der Waals surface area contributed by atoms with Crippen LogP contribution in [0.5, 0.6) is 0 Å². The summed E-state index contributed by atoms with van der Waals surface area (Å²) in [5, 5.41) is 14.5. The van der Waals surface area contributed by atoms with E-state index in [4.69, 9.17) is 20.9 Å². The van der Waals surface area contributed by atoms with E-state index in [1.54, 1.807) is 12.1 Å². The molecule has 6 heteroatoms. The molecule has 0 amide bonds. The molecule has 0 radical (unpaired) electrons. The molecule has 19 heavy (non-hydrogen) atoms. The Balaban J connectivity index is 1.84. The molecule has 2 unspecified atom stereocenters. The van der Waals surface area contributed by atoms with Crippen molar-refractivity contribution < 1.29 is 14.4 Å². The van der Waals surface area contributed by atoms with Gasteiger partial charge >= 0.3 is 0 Å². The first-order chi connectivity index (χ1) is 9.24. The Bertz CT molecular complexity index is 555. The first-order valence-corrected chi connectivity index (χ1v) is 6.47. The molecule has 1 N–H and O–H groups in total. The smallest absolute Gasteiger partial charge is 0.235 e. The molecule has 100 valence electrons. The van der Waals surface area contributed by atoms with Crippen LogP contribution >= 0.6 is 11.6 Å². The molecular weight excluding hydrogens is 268 g/mol. The lowest BCUT2D eigenvalue weighted by atomic mass is 9.99. The van der Waals surface area contributed by atoms with Crippen LogP contribution in [0.25, 0.3) is 11.4 Å². The van der Waals surface area contributed by atoms with Gasteiger partial charge in [-0.3, -0.25) is 0 Å². The second-order valence-electron chi connectivity index (χ2n) is 4.50. The van der Waals surface area contributed by atoms with E-state index in [2.05, 4.69) is 10.1 Å². The molecule has 2 atom stereocenters. The summed E-state index contributed by atoms with van der Waals surface area (Å²) in [6.45, 7) is 0.971. The van der Waals surface area contributed by atoms with Gasteiger partial charge in [-0.05, 0) is 30.7 Å². The van der Waals surface area contributed by atoms with Gasteiger partial charge in [-0.2, -0.15) is 4.98 Å². The fraction of sp³-hybridized carbons (Fsp3) is 0.385. The van der Waals surface area contributed by atoms with E-state index in [0.29, 0.717) is 36.4 Å². The van der Waals surface area contributed by atoms with Crippen LogP contribution in [0.1, 0.15) is 18.2 Å². The van der Waals surface area contributed by atoms with Crippen molar-refractivity contribution in [3.8, 4) is 11.4 Å². The van der Waals surface area contributed by atoms with Crippen LogP contribution in [0.3, 0.4) is 0 Å². The summed E-state index contributed by atoms with van der Waals surface area (Å²) in [6, 6.07) is 7.19. The first-order valence-electron chi connectivity index (χ1n) is 6.09. The van der Waals surface area contributed by atoms with E-state index in [0.717, 1.165) is 5.56 Å². The van der Waals surface area contributed by atoms with Gasteiger partial charge in [0, 0.05) is 17.2 Å². The Morgan fingerprint density at radius 3 is 2.79 bits per heavy atom. The molecule has 2 aromatic rings. The van der Waals surface area contributed by atoms with Gasteiger partial charge in [0.15, 0.2) is 0 Å². The molecule has 5 nitrogen and oxygen atoms in total. The fourth-order valence-corrected chi connectivity index (χ4v) is 2.19. The summed E-state index contributed by atoms with van der Waals surface area (Å²) in [5.41, 5.74) is 0.825. The molecule has 1 aliphatic heterocycles. The highest BCUT2D eigenvalue weighted by Crippen LogP contribution is 2.27. The van der Waals surface area contributed by atoms with Gasteiger partial charge in [0.1, 0.15) is 0 Å². The predicted octanol–water partition coefficient (Wildman–Crippen LogP) is 2.25. The molecule has 0 saturated carbocycles. The van der Waals surface area contributed by atoms with Crippen molar-refractivity contribution in [2.75, 3.05) is 13.2 Å². The number of rotatable bonds is 2. The minimum Gasteiger partial charge on any atom is -0.392 e. The number of aromatic nitrogens is 2. The normalized spacial score (nSPS) is 23.5. The van der Waals surface area contributed by atoms with Gasteiger partial charge in [0.2, 0.25) is 11.7 Å².